The third kappa shape index (κ3) is 3.52. The maximum atomic E-state index is 8.60. The predicted molar refractivity (Wildman–Crippen MR) is 80.7 cm³/mol. The van der Waals surface area contributed by atoms with Crippen LogP contribution in [0.1, 0.15) is 18.1 Å². The largest absolute Gasteiger partial charge is 0.478 e. The Morgan fingerprint density at radius 3 is 2.50 bits per heavy atom. The summed E-state index contributed by atoms with van der Waals surface area (Å²) in [6.07, 6.45) is 0.996. The summed E-state index contributed by atoms with van der Waals surface area (Å²) >= 11 is 0. The molecule has 3 heteroatoms. The molecule has 0 aromatic heterocycles. The normalized spacial score (nSPS) is 9.80. The standard InChI is InChI=1S/C17H18N2O/c1-2-14-7-3-5-9-16(14)19-13-15-8-4-6-10-17(15)20-12-11-18/h3-10,19H,2,12-13H2,1H3. The molecule has 0 aliphatic carbocycles. The quantitative estimate of drug-likeness (QED) is 0.865. The van der Waals surface area contributed by atoms with Crippen LogP contribution in [0, 0.1) is 11.3 Å². The second-order valence-electron chi connectivity index (χ2n) is 4.42. The van der Waals surface area contributed by atoms with Gasteiger partial charge in [0, 0.05) is 17.8 Å². The summed E-state index contributed by atoms with van der Waals surface area (Å²) in [7, 11) is 0. The summed E-state index contributed by atoms with van der Waals surface area (Å²) in [5.74, 6) is 0.760. The van der Waals surface area contributed by atoms with Crippen molar-refractivity contribution < 1.29 is 4.74 Å². The van der Waals surface area contributed by atoms with Crippen LogP contribution in [0.2, 0.25) is 0 Å². The zero-order valence-electron chi connectivity index (χ0n) is 11.6. The van der Waals surface area contributed by atoms with E-state index in [1.54, 1.807) is 0 Å². The molecule has 20 heavy (non-hydrogen) atoms. The molecule has 0 aliphatic rings. The highest BCUT2D eigenvalue weighted by molar-refractivity contribution is 5.52. The Hall–Kier alpha value is -2.47. The number of anilines is 1. The maximum absolute atomic E-state index is 8.60. The summed E-state index contributed by atoms with van der Waals surface area (Å²) in [6, 6.07) is 18.1. The van der Waals surface area contributed by atoms with Gasteiger partial charge in [0.05, 0.1) is 0 Å². The van der Waals surface area contributed by atoms with Gasteiger partial charge in [-0.25, -0.2) is 0 Å². The second-order valence-corrected chi connectivity index (χ2v) is 4.42. The van der Waals surface area contributed by atoms with E-state index in [9.17, 15) is 0 Å². The van der Waals surface area contributed by atoms with Crippen molar-refractivity contribution >= 4 is 5.69 Å². The lowest BCUT2D eigenvalue weighted by Crippen LogP contribution is -2.05. The van der Waals surface area contributed by atoms with Gasteiger partial charge in [-0.1, -0.05) is 43.3 Å². The molecule has 1 N–H and O–H groups in total. The number of nitrogens with zero attached hydrogens (tertiary/aromatic N) is 1. The maximum Gasteiger partial charge on any atom is 0.174 e. The molecule has 2 aromatic carbocycles. The van der Waals surface area contributed by atoms with Crippen LogP contribution in [-0.4, -0.2) is 6.61 Å². The highest BCUT2D eigenvalue weighted by Gasteiger charge is 2.04. The van der Waals surface area contributed by atoms with Crippen molar-refractivity contribution in [3.8, 4) is 11.8 Å². The molecule has 0 unspecified atom stereocenters. The lowest BCUT2D eigenvalue weighted by molar-refractivity contribution is 0.364. The van der Waals surface area contributed by atoms with E-state index in [2.05, 4.69) is 24.4 Å². The summed E-state index contributed by atoms with van der Waals surface area (Å²) in [4.78, 5) is 0. The monoisotopic (exact) mass is 266 g/mol. The van der Waals surface area contributed by atoms with Crippen LogP contribution in [-0.2, 0) is 13.0 Å². The van der Waals surface area contributed by atoms with Crippen molar-refractivity contribution in [1.29, 1.82) is 5.26 Å². The fraction of sp³-hybridized carbons (Fsp3) is 0.235. The van der Waals surface area contributed by atoms with Crippen LogP contribution in [0.25, 0.3) is 0 Å². The first-order valence-corrected chi connectivity index (χ1v) is 6.74. The number of nitrogens with one attached hydrogen (secondary N) is 1. The summed E-state index contributed by atoms with van der Waals surface area (Å²) in [6.45, 7) is 2.89. The van der Waals surface area contributed by atoms with Gasteiger partial charge >= 0.3 is 0 Å². The van der Waals surface area contributed by atoms with E-state index in [0.29, 0.717) is 6.54 Å². The van der Waals surface area contributed by atoms with Crippen molar-refractivity contribution in [3.63, 3.8) is 0 Å². The molecule has 0 bridgehead atoms. The number of aryl methyl sites for hydroxylation is 1. The van der Waals surface area contributed by atoms with E-state index < -0.39 is 0 Å². The first-order valence-electron chi connectivity index (χ1n) is 6.74. The summed E-state index contributed by atoms with van der Waals surface area (Å²) in [5.41, 5.74) is 3.49. The molecule has 3 nitrogen and oxygen atoms in total. The van der Waals surface area contributed by atoms with E-state index in [0.717, 1.165) is 23.4 Å². The number of ether oxygens (including phenoxy) is 1. The lowest BCUT2D eigenvalue weighted by Gasteiger charge is -2.13. The van der Waals surface area contributed by atoms with E-state index in [1.807, 2.05) is 42.5 Å². The fourth-order valence-electron chi connectivity index (χ4n) is 2.09. The van der Waals surface area contributed by atoms with Crippen molar-refractivity contribution in [2.24, 2.45) is 0 Å². The zero-order chi connectivity index (χ0) is 14.2. The molecule has 102 valence electrons. The minimum Gasteiger partial charge on any atom is -0.478 e. The second kappa shape index (κ2) is 7.20. The number of hydrogen-bond donors (Lipinski definition) is 1. The molecule has 0 heterocycles. The van der Waals surface area contributed by atoms with Crippen LogP contribution in [0.3, 0.4) is 0 Å². The van der Waals surface area contributed by atoms with E-state index >= 15 is 0 Å². The summed E-state index contributed by atoms with van der Waals surface area (Å²) < 4.78 is 5.43. The molecule has 0 atom stereocenters. The van der Waals surface area contributed by atoms with E-state index in [4.69, 9.17) is 10.00 Å². The molecule has 0 spiro atoms. The minimum absolute atomic E-state index is 0.0720. The van der Waals surface area contributed by atoms with Crippen molar-refractivity contribution in [3.05, 3.63) is 59.7 Å². The smallest absolute Gasteiger partial charge is 0.174 e. The summed E-state index contributed by atoms with van der Waals surface area (Å²) in [5, 5.41) is 12.0. The van der Waals surface area contributed by atoms with Gasteiger partial charge in [0.25, 0.3) is 0 Å². The average molecular weight is 266 g/mol. The van der Waals surface area contributed by atoms with Crippen molar-refractivity contribution in [2.45, 2.75) is 19.9 Å². The molecular formula is C17H18N2O. The Bertz CT molecular complexity index is 602. The van der Waals surface area contributed by atoms with Crippen molar-refractivity contribution in [2.75, 3.05) is 11.9 Å². The fourth-order valence-corrected chi connectivity index (χ4v) is 2.09. The Morgan fingerprint density at radius 2 is 1.75 bits per heavy atom. The van der Waals surface area contributed by atoms with Gasteiger partial charge in [-0.15, -0.1) is 0 Å². The first kappa shape index (κ1) is 14.0. The Kier molecular flexibility index (Phi) is 5.02. The van der Waals surface area contributed by atoms with Gasteiger partial charge in [0.2, 0.25) is 0 Å². The number of para-hydroxylation sites is 2. The number of hydrogen-bond acceptors (Lipinski definition) is 3. The molecule has 0 saturated carbocycles. The molecule has 0 aliphatic heterocycles. The Morgan fingerprint density at radius 1 is 1.05 bits per heavy atom. The van der Waals surface area contributed by atoms with E-state index in [-0.39, 0.29) is 6.61 Å². The topological polar surface area (TPSA) is 45.0 Å². The van der Waals surface area contributed by atoms with E-state index in [1.165, 1.54) is 5.56 Å². The number of rotatable bonds is 6. The third-order valence-corrected chi connectivity index (χ3v) is 3.13. The molecule has 0 fully saturated rings. The molecule has 0 amide bonds. The van der Waals surface area contributed by atoms with Crippen molar-refractivity contribution in [1.82, 2.24) is 0 Å². The van der Waals surface area contributed by atoms with Gasteiger partial charge in [-0.3, -0.25) is 0 Å². The lowest BCUT2D eigenvalue weighted by atomic mass is 10.1. The minimum atomic E-state index is 0.0720. The highest BCUT2D eigenvalue weighted by atomic mass is 16.5. The number of benzene rings is 2. The molecule has 0 saturated heterocycles. The van der Waals surface area contributed by atoms with Crippen LogP contribution in [0.5, 0.6) is 5.75 Å². The SMILES string of the molecule is CCc1ccccc1NCc1ccccc1OCC#N. The molecule has 2 aromatic rings. The molecular weight excluding hydrogens is 248 g/mol. The van der Waals surface area contributed by atoms with Gasteiger partial charge in [-0.2, -0.15) is 5.26 Å². The van der Waals surface area contributed by atoms with Gasteiger partial charge in [0.1, 0.15) is 11.8 Å². The average Bonchev–Trinajstić information content (AvgIpc) is 2.52. The van der Waals surface area contributed by atoms with Crippen LogP contribution < -0.4 is 10.1 Å². The van der Waals surface area contributed by atoms with Crippen LogP contribution in [0.15, 0.2) is 48.5 Å². The Labute approximate surface area is 119 Å². The first-order chi connectivity index (χ1) is 9.85. The molecule has 2 rings (SSSR count). The van der Waals surface area contributed by atoms with Gasteiger partial charge in [-0.05, 0) is 24.1 Å². The predicted octanol–water partition coefficient (Wildman–Crippen LogP) is 3.76. The third-order valence-electron chi connectivity index (χ3n) is 3.13. The number of nitriles is 1. The van der Waals surface area contributed by atoms with Gasteiger partial charge in [0.15, 0.2) is 6.61 Å². The van der Waals surface area contributed by atoms with Crippen LogP contribution in [0.4, 0.5) is 5.69 Å². The zero-order valence-corrected chi connectivity index (χ0v) is 11.6. The highest BCUT2D eigenvalue weighted by Crippen LogP contribution is 2.21. The molecule has 0 radical (unpaired) electrons. The van der Waals surface area contributed by atoms with Gasteiger partial charge < -0.3 is 10.1 Å². The Balaban J connectivity index is 2.09. The van der Waals surface area contributed by atoms with Crippen LogP contribution >= 0.6 is 0 Å².